The molecule has 1 saturated heterocycles. The third-order valence-corrected chi connectivity index (χ3v) is 4.11. The minimum atomic E-state index is -0.586. The molecule has 130 valence electrons. The quantitative estimate of drug-likeness (QED) is 0.855. The largest absolute Gasteiger partial charge is 0.488 e. The van der Waals surface area contributed by atoms with E-state index >= 15 is 0 Å². The summed E-state index contributed by atoms with van der Waals surface area (Å²) in [5.74, 6) is 0.00223. The van der Waals surface area contributed by atoms with Crippen molar-refractivity contribution in [2.45, 2.75) is 26.2 Å². The Bertz CT molecular complexity index is 758. The fourth-order valence-electron chi connectivity index (χ4n) is 2.86. The second-order valence-electron chi connectivity index (χ2n) is 7.01. The van der Waals surface area contributed by atoms with Gasteiger partial charge in [-0.25, -0.2) is 4.79 Å². The van der Waals surface area contributed by atoms with E-state index in [-0.39, 0.29) is 5.41 Å². The Morgan fingerprint density at radius 2 is 2.00 bits per heavy atom. The number of morpholine rings is 1. The fourth-order valence-corrected chi connectivity index (χ4v) is 2.86. The summed E-state index contributed by atoms with van der Waals surface area (Å²) in [6.45, 7) is 10.8. The van der Waals surface area contributed by atoms with Crippen molar-refractivity contribution in [2.75, 3.05) is 39.5 Å². The summed E-state index contributed by atoms with van der Waals surface area (Å²) < 4.78 is 16.6. The van der Waals surface area contributed by atoms with Crippen LogP contribution in [0.1, 0.15) is 26.5 Å². The molecule has 0 unspecified atom stereocenters. The number of rotatable bonds is 4. The zero-order valence-corrected chi connectivity index (χ0v) is 14.5. The average molecular weight is 332 g/mol. The first kappa shape index (κ1) is 16.9. The Labute approximate surface area is 141 Å². The lowest BCUT2D eigenvalue weighted by Gasteiger charge is -2.26. The lowest BCUT2D eigenvalue weighted by Crippen LogP contribution is -2.38. The van der Waals surface area contributed by atoms with Gasteiger partial charge in [-0.15, -0.1) is 0 Å². The zero-order valence-electron chi connectivity index (χ0n) is 14.5. The highest BCUT2D eigenvalue weighted by Gasteiger charge is 2.22. The highest BCUT2D eigenvalue weighted by atomic mass is 16.5. The van der Waals surface area contributed by atoms with Gasteiger partial charge in [0.05, 0.1) is 18.9 Å². The average Bonchev–Trinajstić information content (AvgIpc) is 2.55. The predicted molar refractivity (Wildman–Crippen MR) is 91.7 cm³/mol. The van der Waals surface area contributed by atoms with Crippen LogP contribution in [0.4, 0.5) is 0 Å². The Kier molecular flexibility index (Phi) is 4.87. The number of benzene rings is 1. The van der Waals surface area contributed by atoms with Crippen LogP contribution in [0.25, 0.3) is 11.0 Å². The third kappa shape index (κ3) is 3.76. The van der Waals surface area contributed by atoms with Gasteiger partial charge in [0.1, 0.15) is 6.61 Å². The van der Waals surface area contributed by atoms with Gasteiger partial charge in [-0.05, 0) is 12.1 Å². The topological polar surface area (TPSA) is 64.8 Å². The molecule has 6 nitrogen and oxygen atoms in total. The van der Waals surface area contributed by atoms with Crippen molar-refractivity contribution in [3.63, 3.8) is 0 Å². The lowest BCUT2D eigenvalue weighted by atomic mass is 9.89. The molecule has 2 aromatic rings. The van der Waals surface area contributed by atoms with E-state index in [0.29, 0.717) is 17.9 Å². The molecule has 0 aliphatic carbocycles. The number of hydrogen-bond acceptors (Lipinski definition) is 6. The fraction of sp³-hybridized carbons (Fsp3) is 0.556. The molecule has 2 heterocycles. The van der Waals surface area contributed by atoms with Crippen LogP contribution in [0, 0.1) is 0 Å². The number of ether oxygens (including phenoxy) is 2. The van der Waals surface area contributed by atoms with Gasteiger partial charge in [-0.1, -0.05) is 26.8 Å². The van der Waals surface area contributed by atoms with E-state index < -0.39 is 5.76 Å². The number of fused-ring (bicyclic) bond motifs is 1. The molecule has 0 amide bonds. The molecule has 1 aliphatic heterocycles. The summed E-state index contributed by atoms with van der Waals surface area (Å²) >= 11 is 0. The molecule has 0 atom stereocenters. The van der Waals surface area contributed by atoms with Crippen LogP contribution in [0.3, 0.4) is 0 Å². The Balaban J connectivity index is 1.83. The first-order valence-corrected chi connectivity index (χ1v) is 8.32. The summed E-state index contributed by atoms with van der Waals surface area (Å²) in [6, 6.07) is 5.65. The van der Waals surface area contributed by atoms with E-state index in [0.717, 1.165) is 43.9 Å². The van der Waals surface area contributed by atoms with Gasteiger partial charge in [0.15, 0.2) is 11.3 Å². The maximum absolute atomic E-state index is 11.9. The number of aromatic nitrogens is 1. The van der Waals surface area contributed by atoms with Crippen molar-refractivity contribution < 1.29 is 13.9 Å². The predicted octanol–water partition coefficient (Wildman–Crippen LogP) is 2.20. The molecule has 1 fully saturated rings. The second kappa shape index (κ2) is 6.91. The van der Waals surface area contributed by atoms with Crippen molar-refractivity contribution in [1.29, 1.82) is 0 Å². The summed E-state index contributed by atoms with van der Waals surface area (Å²) in [5, 5.41) is 0.825. The highest BCUT2D eigenvalue weighted by molar-refractivity contribution is 5.85. The van der Waals surface area contributed by atoms with E-state index in [4.69, 9.17) is 13.9 Å². The van der Waals surface area contributed by atoms with Gasteiger partial charge in [0, 0.05) is 30.4 Å². The molecule has 1 aromatic carbocycles. The number of para-hydroxylation sites is 1. The van der Waals surface area contributed by atoms with Gasteiger partial charge in [-0.3, -0.25) is 4.90 Å². The molecular weight excluding hydrogens is 308 g/mol. The van der Waals surface area contributed by atoms with Gasteiger partial charge in [-0.2, -0.15) is 4.98 Å². The monoisotopic (exact) mass is 332 g/mol. The summed E-state index contributed by atoms with van der Waals surface area (Å²) in [4.78, 5) is 18.2. The van der Waals surface area contributed by atoms with Crippen LogP contribution < -0.4 is 10.5 Å². The molecule has 3 rings (SSSR count). The lowest BCUT2D eigenvalue weighted by molar-refractivity contribution is 0.0323. The van der Waals surface area contributed by atoms with Crippen LogP contribution >= 0.6 is 0 Å². The molecule has 0 bridgehead atoms. The first-order valence-electron chi connectivity index (χ1n) is 8.32. The van der Waals surface area contributed by atoms with Crippen molar-refractivity contribution in [3.8, 4) is 5.75 Å². The first-order chi connectivity index (χ1) is 11.4. The smallest absolute Gasteiger partial charge is 0.439 e. The van der Waals surface area contributed by atoms with Crippen molar-refractivity contribution >= 4 is 11.0 Å². The van der Waals surface area contributed by atoms with E-state index in [1.807, 2.05) is 39.0 Å². The minimum absolute atomic E-state index is 0.249. The van der Waals surface area contributed by atoms with E-state index in [1.54, 1.807) is 0 Å². The van der Waals surface area contributed by atoms with Gasteiger partial charge in [0.25, 0.3) is 0 Å². The van der Waals surface area contributed by atoms with Crippen molar-refractivity contribution in [1.82, 2.24) is 9.88 Å². The zero-order chi connectivity index (χ0) is 17.2. The molecule has 24 heavy (non-hydrogen) atoms. The van der Waals surface area contributed by atoms with Crippen LogP contribution in [0.5, 0.6) is 5.75 Å². The van der Waals surface area contributed by atoms with Crippen LogP contribution in [0.2, 0.25) is 0 Å². The molecule has 6 heteroatoms. The van der Waals surface area contributed by atoms with E-state index in [2.05, 4.69) is 9.88 Å². The highest BCUT2D eigenvalue weighted by Crippen LogP contribution is 2.31. The van der Waals surface area contributed by atoms with Gasteiger partial charge < -0.3 is 13.9 Å². The van der Waals surface area contributed by atoms with Crippen LogP contribution in [-0.2, 0) is 10.2 Å². The van der Waals surface area contributed by atoms with Crippen LogP contribution in [-0.4, -0.2) is 49.3 Å². The van der Waals surface area contributed by atoms with Gasteiger partial charge >= 0.3 is 5.76 Å². The molecule has 1 aliphatic rings. The normalized spacial score (nSPS) is 16.5. The molecule has 0 N–H and O–H groups in total. The summed E-state index contributed by atoms with van der Waals surface area (Å²) in [7, 11) is 0. The maximum atomic E-state index is 11.9. The Morgan fingerprint density at radius 1 is 1.25 bits per heavy atom. The van der Waals surface area contributed by atoms with E-state index in [9.17, 15) is 4.79 Å². The van der Waals surface area contributed by atoms with Crippen molar-refractivity contribution in [3.05, 3.63) is 34.4 Å². The molecule has 0 saturated carbocycles. The standard InChI is InChI=1S/C18H24N2O4/c1-18(2,3)16-13-5-4-6-14(15(13)24-17(21)19-16)23-12-9-20-7-10-22-11-8-20/h4-6H,7-12H2,1-3H3. The maximum Gasteiger partial charge on any atom is 0.439 e. The third-order valence-electron chi connectivity index (χ3n) is 4.11. The molecular formula is C18H24N2O4. The molecule has 1 aromatic heterocycles. The summed E-state index contributed by atoms with van der Waals surface area (Å²) in [6.07, 6.45) is 0. The SMILES string of the molecule is CC(C)(C)c1nc(=O)oc2c(OCCN3CCOCC3)cccc12. The minimum Gasteiger partial charge on any atom is -0.488 e. The molecule has 0 radical (unpaired) electrons. The molecule has 0 spiro atoms. The van der Waals surface area contributed by atoms with Gasteiger partial charge in [0.2, 0.25) is 0 Å². The number of nitrogens with zero attached hydrogens (tertiary/aromatic N) is 2. The Morgan fingerprint density at radius 3 is 2.71 bits per heavy atom. The second-order valence-corrected chi connectivity index (χ2v) is 7.01. The van der Waals surface area contributed by atoms with Crippen LogP contribution in [0.15, 0.2) is 27.4 Å². The Hall–Kier alpha value is -1.92. The number of hydrogen-bond donors (Lipinski definition) is 0. The summed E-state index contributed by atoms with van der Waals surface area (Å²) in [5.41, 5.74) is 0.956. The van der Waals surface area contributed by atoms with E-state index in [1.165, 1.54) is 0 Å². The van der Waals surface area contributed by atoms with Crippen molar-refractivity contribution in [2.24, 2.45) is 0 Å².